The zero-order valence-corrected chi connectivity index (χ0v) is 11.1. The Labute approximate surface area is 108 Å². The molecule has 2 aliphatic heterocycles. The van der Waals surface area contributed by atoms with Gasteiger partial charge in [0.25, 0.3) is 0 Å². The van der Waals surface area contributed by atoms with Gasteiger partial charge in [0.05, 0.1) is 0 Å². The van der Waals surface area contributed by atoms with Crippen molar-refractivity contribution in [3.63, 3.8) is 0 Å². The number of fused-ring (bicyclic) bond motifs is 1. The molecule has 0 aliphatic carbocycles. The molecule has 2 saturated heterocycles. The molecule has 0 N–H and O–H groups in total. The van der Waals surface area contributed by atoms with Gasteiger partial charge in [-0.1, -0.05) is 13.8 Å². The summed E-state index contributed by atoms with van der Waals surface area (Å²) in [5.41, 5.74) is 0. The molecule has 0 saturated carbocycles. The van der Waals surface area contributed by atoms with E-state index in [2.05, 4.69) is 5.92 Å². The normalized spacial score (nSPS) is 27.7. The maximum Gasteiger partial charge on any atom is 0.246 e. The van der Waals surface area contributed by atoms with Crippen LogP contribution in [0.2, 0.25) is 0 Å². The van der Waals surface area contributed by atoms with E-state index in [0.29, 0.717) is 13.0 Å². The number of hydrogen-bond acceptors (Lipinski definition) is 2. The maximum atomic E-state index is 12.4. The molecule has 2 unspecified atom stereocenters. The van der Waals surface area contributed by atoms with E-state index in [1.165, 1.54) is 0 Å². The first kappa shape index (κ1) is 12.9. The van der Waals surface area contributed by atoms with Gasteiger partial charge in [0.1, 0.15) is 12.1 Å². The summed E-state index contributed by atoms with van der Waals surface area (Å²) in [6.45, 7) is 5.18. The minimum absolute atomic E-state index is 0.0843. The highest BCUT2D eigenvalue weighted by Gasteiger charge is 2.48. The number of amides is 2. The van der Waals surface area contributed by atoms with Crippen molar-refractivity contribution in [3.8, 4) is 12.3 Å². The van der Waals surface area contributed by atoms with Gasteiger partial charge in [0.15, 0.2) is 0 Å². The Kier molecular flexibility index (Phi) is 3.60. The molecule has 0 aromatic heterocycles. The van der Waals surface area contributed by atoms with Crippen LogP contribution in [-0.2, 0) is 9.59 Å². The topological polar surface area (TPSA) is 40.6 Å². The first-order chi connectivity index (χ1) is 8.57. The Hall–Kier alpha value is -1.50. The highest BCUT2D eigenvalue weighted by Crippen LogP contribution is 2.29. The van der Waals surface area contributed by atoms with E-state index in [9.17, 15) is 9.59 Å². The van der Waals surface area contributed by atoms with Crippen molar-refractivity contribution in [2.45, 2.75) is 45.2 Å². The molecule has 4 heteroatoms. The summed E-state index contributed by atoms with van der Waals surface area (Å²) in [5, 5.41) is 0. The van der Waals surface area contributed by atoms with Crippen LogP contribution in [0.25, 0.3) is 0 Å². The second-order valence-electron chi connectivity index (χ2n) is 5.36. The number of nitrogens with zero attached hydrogens (tertiary/aromatic N) is 2. The van der Waals surface area contributed by atoms with Crippen LogP contribution in [0.3, 0.4) is 0 Å². The zero-order valence-electron chi connectivity index (χ0n) is 11.1. The van der Waals surface area contributed by atoms with E-state index in [4.69, 9.17) is 6.42 Å². The van der Waals surface area contributed by atoms with E-state index in [1.54, 1.807) is 9.80 Å². The van der Waals surface area contributed by atoms with E-state index in [-0.39, 0.29) is 29.8 Å². The smallest absolute Gasteiger partial charge is 0.246 e. The van der Waals surface area contributed by atoms with E-state index < -0.39 is 0 Å². The number of carbonyl (C=O) groups excluding carboxylic acids is 2. The third-order valence-corrected chi connectivity index (χ3v) is 3.82. The third-order valence-electron chi connectivity index (χ3n) is 3.82. The Morgan fingerprint density at radius 2 is 2.11 bits per heavy atom. The molecule has 2 aliphatic rings. The predicted octanol–water partition coefficient (Wildman–Crippen LogP) is 0.867. The lowest BCUT2D eigenvalue weighted by atomic mass is 9.95. The second kappa shape index (κ2) is 5.01. The standard InChI is InChI=1S/C14H20N2O2/c1-4-5-8-16-12(10(2)3)14(18)15-9-6-7-11(15)13(16)17/h1,10-12H,5-9H2,2-3H3. The summed E-state index contributed by atoms with van der Waals surface area (Å²) in [6.07, 6.45) is 7.50. The van der Waals surface area contributed by atoms with Crippen LogP contribution in [-0.4, -0.2) is 46.8 Å². The lowest BCUT2D eigenvalue weighted by molar-refractivity contribution is -0.161. The fourth-order valence-electron chi connectivity index (χ4n) is 3.00. The van der Waals surface area contributed by atoms with Crippen molar-refractivity contribution in [2.24, 2.45) is 5.92 Å². The first-order valence-electron chi connectivity index (χ1n) is 6.62. The average molecular weight is 248 g/mol. The van der Waals surface area contributed by atoms with E-state index >= 15 is 0 Å². The van der Waals surface area contributed by atoms with Gasteiger partial charge in [-0.3, -0.25) is 9.59 Å². The fourth-order valence-corrected chi connectivity index (χ4v) is 3.00. The fraction of sp³-hybridized carbons (Fsp3) is 0.714. The van der Waals surface area contributed by atoms with Gasteiger partial charge in [-0.25, -0.2) is 0 Å². The second-order valence-corrected chi connectivity index (χ2v) is 5.36. The highest BCUT2D eigenvalue weighted by molar-refractivity contribution is 5.97. The van der Waals surface area contributed by atoms with Crippen molar-refractivity contribution in [1.82, 2.24) is 9.80 Å². The van der Waals surface area contributed by atoms with Crippen molar-refractivity contribution in [1.29, 1.82) is 0 Å². The number of carbonyl (C=O) groups is 2. The molecule has 4 nitrogen and oxygen atoms in total. The van der Waals surface area contributed by atoms with Crippen molar-refractivity contribution in [2.75, 3.05) is 13.1 Å². The van der Waals surface area contributed by atoms with E-state index in [1.807, 2.05) is 13.8 Å². The lowest BCUT2D eigenvalue weighted by Crippen LogP contribution is -2.64. The van der Waals surface area contributed by atoms with Crippen LogP contribution in [0.5, 0.6) is 0 Å². The largest absolute Gasteiger partial charge is 0.329 e. The van der Waals surface area contributed by atoms with Crippen LogP contribution in [0.15, 0.2) is 0 Å². The molecule has 0 bridgehead atoms. The molecule has 2 atom stereocenters. The Bertz CT molecular complexity index is 397. The molecule has 0 aromatic rings. The summed E-state index contributed by atoms with van der Waals surface area (Å²) < 4.78 is 0. The molecular weight excluding hydrogens is 228 g/mol. The quantitative estimate of drug-likeness (QED) is 0.695. The minimum atomic E-state index is -0.333. The van der Waals surface area contributed by atoms with Gasteiger partial charge in [0, 0.05) is 19.5 Å². The molecule has 2 amide bonds. The van der Waals surface area contributed by atoms with Gasteiger partial charge in [-0.2, -0.15) is 0 Å². The first-order valence-corrected chi connectivity index (χ1v) is 6.62. The minimum Gasteiger partial charge on any atom is -0.329 e. The number of hydrogen-bond donors (Lipinski definition) is 0. The number of rotatable bonds is 3. The van der Waals surface area contributed by atoms with Crippen molar-refractivity contribution in [3.05, 3.63) is 0 Å². The average Bonchev–Trinajstić information content (AvgIpc) is 2.80. The molecule has 98 valence electrons. The van der Waals surface area contributed by atoms with Crippen molar-refractivity contribution >= 4 is 11.8 Å². The zero-order chi connectivity index (χ0) is 13.3. The molecular formula is C14H20N2O2. The maximum absolute atomic E-state index is 12.4. The Morgan fingerprint density at radius 3 is 2.72 bits per heavy atom. The summed E-state index contributed by atoms with van der Waals surface area (Å²) in [4.78, 5) is 28.4. The van der Waals surface area contributed by atoms with Crippen LogP contribution in [0.4, 0.5) is 0 Å². The van der Waals surface area contributed by atoms with Crippen LogP contribution < -0.4 is 0 Å². The highest BCUT2D eigenvalue weighted by atomic mass is 16.2. The summed E-state index contributed by atoms with van der Waals surface area (Å²) >= 11 is 0. The molecule has 0 aromatic carbocycles. The molecule has 0 radical (unpaired) electrons. The SMILES string of the molecule is C#CCCN1C(=O)C2CCCN2C(=O)C1C(C)C. The van der Waals surface area contributed by atoms with Gasteiger partial charge >= 0.3 is 0 Å². The van der Waals surface area contributed by atoms with Gasteiger partial charge in [-0.15, -0.1) is 12.3 Å². The summed E-state index contributed by atoms with van der Waals surface area (Å²) in [6, 6.07) is -0.564. The monoisotopic (exact) mass is 248 g/mol. The van der Waals surface area contributed by atoms with Crippen LogP contribution in [0.1, 0.15) is 33.1 Å². The van der Waals surface area contributed by atoms with Crippen LogP contribution >= 0.6 is 0 Å². The van der Waals surface area contributed by atoms with Crippen molar-refractivity contribution < 1.29 is 9.59 Å². The molecule has 2 fully saturated rings. The molecule has 18 heavy (non-hydrogen) atoms. The molecule has 0 spiro atoms. The van der Waals surface area contributed by atoms with E-state index in [0.717, 1.165) is 19.4 Å². The van der Waals surface area contributed by atoms with Gasteiger partial charge in [-0.05, 0) is 18.8 Å². The van der Waals surface area contributed by atoms with Crippen LogP contribution in [0, 0.1) is 18.3 Å². The third kappa shape index (κ3) is 1.98. The Balaban J connectivity index is 2.26. The Morgan fingerprint density at radius 1 is 1.39 bits per heavy atom. The predicted molar refractivity (Wildman–Crippen MR) is 68.5 cm³/mol. The molecule has 2 rings (SSSR count). The number of piperazine rings is 1. The molecule has 2 heterocycles. The number of terminal acetylenes is 1. The lowest BCUT2D eigenvalue weighted by Gasteiger charge is -2.43. The summed E-state index contributed by atoms with van der Waals surface area (Å²) in [7, 11) is 0. The summed E-state index contributed by atoms with van der Waals surface area (Å²) in [5.74, 6) is 2.86. The van der Waals surface area contributed by atoms with Gasteiger partial charge < -0.3 is 9.80 Å². The van der Waals surface area contributed by atoms with Gasteiger partial charge in [0.2, 0.25) is 11.8 Å².